The van der Waals surface area contributed by atoms with Crippen molar-refractivity contribution in [1.82, 2.24) is 0 Å². The van der Waals surface area contributed by atoms with Crippen LogP contribution in [0.2, 0.25) is 19.6 Å². The molecule has 1 unspecified atom stereocenters. The van der Waals surface area contributed by atoms with Crippen LogP contribution < -0.4 is 0 Å². The van der Waals surface area contributed by atoms with E-state index in [0.717, 1.165) is 11.1 Å². The molecule has 0 N–H and O–H groups in total. The maximum absolute atomic E-state index is 6.19. The van der Waals surface area contributed by atoms with Gasteiger partial charge >= 0.3 is 0 Å². The first-order valence-electron chi connectivity index (χ1n) is 6.85. The molecule has 20 heavy (non-hydrogen) atoms. The van der Waals surface area contributed by atoms with Crippen molar-refractivity contribution in [3.8, 4) is 0 Å². The molecule has 2 aromatic carbocycles. The highest BCUT2D eigenvalue weighted by molar-refractivity contribution is 6.69. The lowest BCUT2D eigenvalue weighted by Gasteiger charge is -2.23. The topological polar surface area (TPSA) is 21.6 Å². The minimum Gasteiger partial charge on any atom is -0.393 e. The SMILES string of the molecule is C[Si](C)(C)OC(/N=C/c1ccccc1)c1ccccc1. The van der Waals surface area contributed by atoms with E-state index >= 15 is 0 Å². The van der Waals surface area contributed by atoms with Gasteiger partial charge in [0, 0.05) is 11.8 Å². The minimum atomic E-state index is -1.66. The Kier molecular flexibility index (Phi) is 4.87. The lowest BCUT2D eigenvalue weighted by molar-refractivity contribution is 0.209. The first-order chi connectivity index (χ1) is 9.54. The van der Waals surface area contributed by atoms with Crippen LogP contribution >= 0.6 is 0 Å². The predicted octanol–water partition coefficient (Wildman–Crippen LogP) is 4.66. The van der Waals surface area contributed by atoms with Crippen molar-refractivity contribution in [3.63, 3.8) is 0 Å². The molecule has 0 spiro atoms. The third-order valence-corrected chi connectivity index (χ3v) is 3.64. The average Bonchev–Trinajstić information content (AvgIpc) is 2.44. The fraction of sp³-hybridized carbons (Fsp3) is 0.235. The van der Waals surface area contributed by atoms with Crippen LogP contribution in [-0.4, -0.2) is 14.5 Å². The highest BCUT2D eigenvalue weighted by Gasteiger charge is 2.21. The van der Waals surface area contributed by atoms with E-state index in [-0.39, 0.29) is 6.23 Å². The van der Waals surface area contributed by atoms with Crippen LogP contribution in [0.15, 0.2) is 65.7 Å². The van der Waals surface area contributed by atoms with E-state index in [4.69, 9.17) is 4.43 Å². The summed E-state index contributed by atoms with van der Waals surface area (Å²) in [6.45, 7) is 6.54. The summed E-state index contributed by atoms with van der Waals surface area (Å²) in [5.41, 5.74) is 2.19. The summed E-state index contributed by atoms with van der Waals surface area (Å²) in [5.74, 6) is 0. The third kappa shape index (κ3) is 4.76. The molecule has 2 rings (SSSR count). The lowest BCUT2D eigenvalue weighted by Crippen LogP contribution is -2.27. The average molecular weight is 283 g/mol. The van der Waals surface area contributed by atoms with Crippen LogP contribution in [0, 0.1) is 0 Å². The summed E-state index contributed by atoms with van der Waals surface area (Å²) >= 11 is 0. The zero-order chi connectivity index (χ0) is 14.4. The molecule has 2 aromatic rings. The summed E-state index contributed by atoms with van der Waals surface area (Å²) < 4.78 is 6.19. The van der Waals surface area contributed by atoms with Crippen molar-refractivity contribution in [1.29, 1.82) is 0 Å². The van der Waals surface area contributed by atoms with E-state index in [1.54, 1.807) is 0 Å². The first kappa shape index (κ1) is 14.7. The Morgan fingerprint density at radius 3 is 2.00 bits per heavy atom. The molecule has 0 aliphatic rings. The van der Waals surface area contributed by atoms with Gasteiger partial charge in [-0.2, -0.15) is 0 Å². The fourth-order valence-electron chi connectivity index (χ4n) is 1.83. The molecule has 3 heteroatoms. The maximum atomic E-state index is 6.19. The smallest absolute Gasteiger partial charge is 0.187 e. The molecular weight excluding hydrogens is 262 g/mol. The van der Waals surface area contributed by atoms with E-state index < -0.39 is 8.32 Å². The van der Waals surface area contributed by atoms with Crippen LogP contribution in [0.25, 0.3) is 0 Å². The van der Waals surface area contributed by atoms with Crippen LogP contribution in [0.3, 0.4) is 0 Å². The number of hydrogen-bond acceptors (Lipinski definition) is 2. The van der Waals surface area contributed by atoms with Gasteiger partial charge in [-0.15, -0.1) is 0 Å². The number of nitrogens with zero attached hydrogens (tertiary/aromatic N) is 1. The Bertz CT molecular complexity index is 546. The molecule has 0 aromatic heterocycles. The summed E-state index contributed by atoms with van der Waals surface area (Å²) in [4.78, 5) is 4.64. The van der Waals surface area contributed by atoms with Gasteiger partial charge in [0.25, 0.3) is 0 Å². The normalized spacial score (nSPS) is 13.6. The molecule has 0 fully saturated rings. The Hall–Kier alpha value is -1.71. The zero-order valence-electron chi connectivity index (χ0n) is 12.3. The quantitative estimate of drug-likeness (QED) is 0.578. The van der Waals surface area contributed by atoms with Crippen molar-refractivity contribution in [2.75, 3.05) is 0 Å². The Labute approximate surface area is 122 Å². The Morgan fingerprint density at radius 1 is 0.900 bits per heavy atom. The lowest BCUT2D eigenvalue weighted by atomic mass is 10.2. The number of benzene rings is 2. The van der Waals surface area contributed by atoms with Gasteiger partial charge in [-0.1, -0.05) is 60.7 Å². The van der Waals surface area contributed by atoms with E-state index in [9.17, 15) is 0 Å². The monoisotopic (exact) mass is 283 g/mol. The van der Waals surface area contributed by atoms with Gasteiger partial charge in [0.15, 0.2) is 14.5 Å². The minimum absolute atomic E-state index is 0.219. The van der Waals surface area contributed by atoms with Crippen molar-refractivity contribution in [2.24, 2.45) is 4.99 Å². The maximum Gasteiger partial charge on any atom is 0.187 e. The predicted molar refractivity (Wildman–Crippen MR) is 87.7 cm³/mol. The van der Waals surface area contributed by atoms with E-state index in [1.807, 2.05) is 54.7 Å². The second kappa shape index (κ2) is 6.64. The van der Waals surface area contributed by atoms with E-state index in [0.29, 0.717) is 0 Å². The summed E-state index contributed by atoms with van der Waals surface area (Å²) in [6, 6.07) is 20.3. The molecule has 104 valence electrons. The second-order valence-corrected chi connectivity index (χ2v) is 10.1. The van der Waals surface area contributed by atoms with Crippen molar-refractivity contribution in [2.45, 2.75) is 25.9 Å². The largest absolute Gasteiger partial charge is 0.393 e. The van der Waals surface area contributed by atoms with Crippen LogP contribution in [0.4, 0.5) is 0 Å². The highest BCUT2D eigenvalue weighted by atomic mass is 28.4. The summed E-state index contributed by atoms with van der Waals surface area (Å²) in [5, 5.41) is 0. The summed E-state index contributed by atoms with van der Waals surface area (Å²) in [7, 11) is -1.66. The molecule has 0 aliphatic heterocycles. The Morgan fingerprint density at radius 2 is 1.45 bits per heavy atom. The van der Waals surface area contributed by atoms with Crippen molar-refractivity contribution in [3.05, 3.63) is 71.8 Å². The molecule has 0 saturated carbocycles. The van der Waals surface area contributed by atoms with Crippen molar-refractivity contribution < 1.29 is 4.43 Å². The molecule has 0 heterocycles. The fourth-order valence-corrected chi connectivity index (χ4v) is 2.70. The molecule has 0 radical (unpaired) electrons. The highest BCUT2D eigenvalue weighted by Crippen LogP contribution is 2.23. The summed E-state index contributed by atoms with van der Waals surface area (Å²) in [6.07, 6.45) is 1.67. The second-order valence-electron chi connectivity index (χ2n) is 5.68. The first-order valence-corrected chi connectivity index (χ1v) is 10.3. The molecule has 0 amide bonds. The third-order valence-electron chi connectivity index (χ3n) is 2.71. The van der Waals surface area contributed by atoms with E-state index in [1.165, 1.54) is 0 Å². The molecule has 1 atom stereocenters. The van der Waals surface area contributed by atoms with Crippen LogP contribution in [0.5, 0.6) is 0 Å². The standard InChI is InChI=1S/C17H21NOSi/c1-20(2,3)19-17(16-12-8-5-9-13-16)18-14-15-10-6-4-7-11-15/h4-14,17H,1-3H3/b18-14+. The van der Waals surface area contributed by atoms with Crippen LogP contribution in [0.1, 0.15) is 17.4 Å². The van der Waals surface area contributed by atoms with Gasteiger partial charge in [0.1, 0.15) is 0 Å². The van der Waals surface area contributed by atoms with Gasteiger partial charge < -0.3 is 4.43 Å². The number of rotatable bonds is 5. The number of aliphatic imine (C=N–C) groups is 1. The van der Waals surface area contributed by atoms with Crippen LogP contribution in [-0.2, 0) is 4.43 Å². The van der Waals surface area contributed by atoms with Gasteiger partial charge in [-0.05, 0) is 25.2 Å². The molecule has 0 aliphatic carbocycles. The van der Waals surface area contributed by atoms with Gasteiger partial charge in [-0.25, -0.2) is 0 Å². The van der Waals surface area contributed by atoms with Crippen molar-refractivity contribution >= 4 is 14.5 Å². The zero-order valence-corrected chi connectivity index (χ0v) is 13.3. The van der Waals surface area contributed by atoms with E-state index in [2.05, 4.69) is 36.8 Å². The van der Waals surface area contributed by atoms with Gasteiger partial charge in [0.05, 0.1) is 0 Å². The molecular formula is C17H21NOSi. The van der Waals surface area contributed by atoms with Gasteiger partial charge in [0.2, 0.25) is 0 Å². The number of hydrogen-bond donors (Lipinski definition) is 0. The molecule has 2 nitrogen and oxygen atoms in total. The Balaban J connectivity index is 2.21. The molecule has 0 saturated heterocycles. The van der Waals surface area contributed by atoms with Gasteiger partial charge in [-0.3, -0.25) is 4.99 Å². The molecule has 0 bridgehead atoms.